The standard InChI is InChI=1S/C21H29N5O4S/c1-3-31(28,29)25-18-11-17-13-26(14-21(17,12-18)19-23-15(2)24-30-19)20(27)22-10-9-16-7-5-4-6-8-16/h4-8,17-18,25H,3,9-14H2,1-2H3,(H,22,27)/t17?,18-,21+/m1/s1. The Morgan fingerprint density at radius 1 is 1.32 bits per heavy atom. The van der Waals surface area contributed by atoms with Crippen molar-refractivity contribution >= 4 is 16.1 Å². The number of carbonyl (C=O) groups excluding carboxylic acids is 1. The highest BCUT2D eigenvalue weighted by atomic mass is 32.2. The van der Waals surface area contributed by atoms with E-state index in [1.54, 1.807) is 18.7 Å². The number of amides is 2. The minimum Gasteiger partial charge on any atom is -0.339 e. The van der Waals surface area contributed by atoms with E-state index in [2.05, 4.69) is 20.2 Å². The first-order valence-electron chi connectivity index (χ1n) is 10.7. The van der Waals surface area contributed by atoms with Gasteiger partial charge in [-0.3, -0.25) is 0 Å². The third kappa shape index (κ3) is 4.59. The summed E-state index contributed by atoms with van der Waals surface area (Å²) in [5, 5.41) is 6.95. The van der Waals surface area contributed by atoms with Gasteiger partial charge in [-0.1, -0.05) is 35.5 Å². The molecule has 2 N–H and O–H groups in total. The first-order valence-corrected chi connectivity index (χ1v) is 12.3. The fourth-order valence-corrected chi connectivity index (χ4v) is 5.71. The first-order chi connectivity index (χ1) is 14.8. The van der Waals surface area contributed by atoms with Crippen LogP contribution in [0.3, 0.4) is 0 Å². The van der Waals surface area contributed by atoms with Gasteiger partial charge in [0.15, 0.2) is 5.82 Å². The van der Waals surface area contributed by atoms with Gasteiger partial charge < -0.3 is 14.7 Å². The summed E-state index contributed by atoms with van der Waals surface area (Å²) in [6.07, 6.45) is 1.93. The predicted molar refractivity (Wildman–Crippen MR) is 115 cm³/mol. The van der Waals surface area contributed by atoms with Gasteiger partial charge in [0.05, 0.1) is 11.2 Å². The molecule has 1 saturated carbocycles. The van der Waals surface area contributed by atoms with Crippen LogP contribution < -0.4 is 10.0 Å². The van der Waals surface area contributed by atoms with Crippen LogP contribution >= 0.6 is 0 Å². The number of rotatable bonds is 7. The predicted octanol–water partition coefficient (Wildman–Crippen LogP) is 1.60. The average Bonchev–Trinajstić information content (AvgIpc) is 3.41. The number of aromatic nitrogens is 2. The summed E-state index contributed by atoms with van der Waals surface area (Å²) in [5.41, 5.74) is 0.642. The third-order valence-corrected chi connectivity index (χ3v) is 7.83. The van der Waals surface area contributed by atoms with E-state index in [1.165, 1.54) is 5.56 Å². The van der Waals surface area contributed by atoms with Crippen LogP contribution in [0.25, 0.3) is 0 Å². The van der Waals surface area contributed by atoms with Crippen molar-refractivity contribution in [3.05, 3.63) is 47.6 Å². The van der Waals surface area contributed by atoms with Crippen molar-refractivity contribution in [2.24, 2.45) is 5.92 Å². The molecule has 10 heteroatoms. The molecule has 168 valence electrons. The largest absolute Gasteiger partial charge is 0.339 e. The van der Waals surface area contributed by atoms with E-state index in [4.69, 9.17) is 4.52 Å². The monoisotopic (exact) mass is 447 g/mol. The Kier molecular flexibility index (Phi) is 6.02. The smallest absolute Gasteiger partial charge is 0.317 e. The Morgan fingerprint density at radius 3 is 2.77 bits per heavy atom. The average molecular weight is 448 g/mol. The number of hydrogen-bond donors (Lipinski definition) is 2. The lowest BCUT2D eigenvalue weighted by Crippen LogP contribution is -2.43. The van der Waals surface area contributed by atoms with E-state index in [0.29, 0.717) is 44.2 Å². The summed E-state index contributed by atoms with van der Waals surface area (Å²) in [6, 6.07) is 9.69. The molecule has 0 radical (unpaired) electrons. The number of benzene rings is 1. The summed E-state index contributed by atoms with van der Waals surface area (Å²) >= 11 is 0. The van der Waals surface area contributed by atoms with E-state index in [-0.39, 0.29) is 23.7 Å². The van der Waals surface area contributed by atoms with Crippen molar-refractivity contribution in [1.82, 2.24) is 25.1 Å². The highest BCUT2D eigenvalue weighted by molar-refractivity contribution is 7.89. The van der Waals surface area contributed by atoms with Crippen molar-refractivity contribution in [1.29, 1.82) is 0 Å². The van der Waals surface area contributed by atoms with E-state index >= 15 is 0 Å². The number of carbonyl (C=O) groups is 1. The summed E-state index contributed by atoms with van der Waals surface area (Å²) in [5.74, 6) is 1.12. The number of likely N-dealkylation sites (tertiary alicyclic amines) is 1. The maximum Gasteiger partial charge on any atom is 0.317 e. The highest BCUT2D eigenvalue weighted by Crippen LogP contribution is 2.50. The van der Waals surface area contributed by atoms with Gasteiger partial charge in [-0.25, -0.2) is 17.9 Å². The number of sulfonamides is 1. The van der Waals surface area contributed by atoms with E-state index in [9.17, 15) is 13.2 Å². The molecule has 1 unspecified atom stereocenters. The molecule has 31 heavy (non-hydrogen) atoms. The second-order valence-electron chi connectivity index (χ2n) is 8.51. The fraction of sp³-hybridized carbons (Fsp3) is 0.571. The molecule has 4 rings (SSSR count). The Bertz CT molecular complexity index is 1030. The van der Waals surface area contributed by atoms with Crippen molar-refractivity contribution < 1.29 is 17.7 Å². The van der Waals surface area contributed by atoms with Crippen LogP contribution in [0.1, 0.15) is 37.0 Å². The molecule has 2 fully saturated rings. The number of aryl methyl sites for hydroxylation is 1. The number of nitrogens with one attached hydrogen (secondary N) is 2. The lowest BCUT2D eigenvalue weighted by atomic mass is 9.80. The van der Waals surface area contributed by atoms with Gasteiger partial charge in [-0.2, -0.15) is 4.98 Å². The zero-order chi connectivity index (χ0) is 22.1. The molecule has 1 aromatic heterocycles. The Morgan fingerprint density at radius 2 is 2.10 bits per heavy atom. The molecule has 1 aliphatic heterocycles. The fourth-order valence-electron chi connectivity index (χ4n) is 4.85. The topological polar surface area (TPSA) is 117 Å². The van der Waals surface area contributed by atoms with Gasteiger partial charge >= 0.3 is 6.03 Å². The van der Waals surface area contributed by atoms with Crippen molar-refractivity contribution in [2.75, 3.05) is 25.4 Å². The Hall–Kier alpha value is -2.46. The van der Waals surface area contributed by atoms with E-state index in [1.807, 2.05) is 30.3 Å². The quantitative estimate of drug-likeness (QED) is 0.666. The number of fused-ring (bicyclic) bond motifs is 1. The van der Waals surface area contributed by atoms with Gasteiger partial charge in [0, 0.05) is 25.7 Å². The summed E-state index contributed by atoms with van der Waals surface area (Å²) in [4.78, 5) is 19.1. The molecule has 2 heterocycles. The number of hydrogen-bond acceptors (Lipinski definition) is 6. The lowest BCUT2D eigenvalue weighted by Gasteiger charge is -2.25. The maximum atomic E-state index is 12.8. The van der Waals surface area contributed by atoms with Crippen molar-refractivity contribution in [2.45, 2.75) is 44.6 Å². The van der Waals surface area contributed by atoms with E-state index in [0.717, 1.165) is 6.42 Å². The molecule has 3 atom stereocenters. The van der Waals surface area contributed by atoms with Gasteiger partial charge in [0.2, 0.25) is 15.9 Å². The summed E-state index contributed by atoms with van der Waals surface area (Å²) in [6.45, 7) is 4.89. The normalized spacial score (nSPS) is 25.5. The lowest BCUT2D eigenvalue weighted by molar-refractivity contribution is 0.200. The summed E-state index contributed by atoms with van der Waals surface area (Å²) in [7, 11) is -3.32. The summed E-state index contributed by atoms with van der Waals surface area (Å²) < 4.78 is 32.5. The molecular formula is C21H29N5O4S. The SMILES string of the molecule is CCS(=O)(=O)N[C@@H]1CC2CN(C(=O)NCCc3ccccc3)C[C@@]2(c2nc(C)no2)C1. The van der Waals surface area contributed by atoms with Gasteiger partial charge in [0.25, 0.3) is 0 Å². The molecule has 2 amide bonds. The van der Waals surface area contributed by atoms with Crippen LogP contribution in [0.4, 0.5) is 4.79 Å². The minimum absolute atomic E-state index is 0.0385. The van der Waals surface area contributed by atoms with Gasteiger partial charge in [-0.05, 0) is 44.6 Å². The maximum absolute atomic E-state index is 12.8. The number of nitrogens with zero attached hydrogens (tertiary/aromatic N) is 3. The molecule has 2 aliphatic rings. The molecule has 1 saturated heterocycles. The van der Waals surface area contributed by atoms with Crippen LogP contribution in [-0.4, -0.2) is 60.9 Å². The minimum atomic E-state index is -3.32. The van der Waals surface area contributed by atoms with Gasteiger partial charge in [0.1, 0.15) is 0 Å². The second kappa shape index (κ2) is 8.58. The molecule has 0 spiro atoms. The third-order valence-electron chi connectivity index (χ3n) is 6.37. The van der Waals surface area contributed by atoms with Crippen molar-refractivity contribution in [3.63, 3.8) is 0 Å². The zero-order valence-corrected chi connectivity index (χ0v) is 18.7. The molecule has 2 aromatic rings. The Balaban J connectivity index is 1.44. The molecule has 0 bridgehead atoms. The Labute approximate surface area is 182 Å². The first kappa shape index (κ1) is 21.8. The highest BCUT2D eigenvalue weighted by Gasteiger charge is 2.58. The van der Waals surface area contributed by atoms with Crippen LogP contribution in [0.5, 0.6) is 0 Å². The number of urea groups is 1. The van der Waals surface area contributed by atoms with Gasteiger partial charge in [-0.15, -0.1) is 0 Å². The van der Waals surface area contributed by atoms with Crippen LogP contribution in [-0.2, 0) is 21.9 Å². The van der Waals surface area contributed by atoms with Crippen LogP contribution in [0.15, 0.2) is 34.9 Å². The zero-order valence-electron chi connectivity index (χ0n) is 17.9. The van der Waals surface area contributed by atoms with Crippen LogP contribution in [0, 0.1) is 12.8 Å². The molecule has 9 nitrogen and oxygen atoms in total. The molecule has 1 aromatic carbocycles. The van der Waals surface area contributed by atoms with E-state index < -0.39 is 15.4 Å². The van der Waals surface area contributed by atoms with Crippen molar-refractivity contribution in [3.8, 4) is 0 Å². The van der Waals surface area contributed by atoms with Crippen LogP contribution in [0.2, 0.25) is 0 Å². The second-order valence-corrected chi connectivity index (χ2v) is 10.5. The molecular weight excluding hydrogens is 418 g/mol. The molecule has 1 aliphatic carbocycles.